The molecule has 3 heterocycles. The first kappa shape index (κ1) is 9.06. The van der Waals surface area contributed by atoms with Gasteiger partial charge in [-0.2, -0.15) is 0 Å². The van der Waals surface area contributed by atoms with Crippen molar-refractivity contribution in [3.63, 3.8) is 0 Å². The van der Waals surface area contributed by atoms with E-state index < -0.39 is 0 Å². The molecule has 0 amide bonds. The van der Waals surface area contributed by atoms with E-state index in [0.29, 0.717) is 0 Å². The van der Waals surface area contributed by atoms with Gasteiger partial charge in [-0.05, 0) is 39.5 Å². The number of halogens is 1. The van der Waals surface area contributed by atoms with E-state index in [1.165, 1.54) is 0 Å². The summed E-state index contributed by atoms with van der Waals surface area (Å²) in [5.41, 5.74) is 0.854. The van der Waals surface area contributed by atoms with Crippen LogP contribution in [0, 0.1) is 0 Å². The predicted octanol–water partition coefficient (Wildman–Crippen LogP) is 3.22. The molecule has 0 unspecified atom stereocenters. The Labute approximate surface area is 98.5 Å². The summed E-state index contributed by atoms with van der Waals surface area (Å²) in [7, 11) is 0. The van der Waals surface area contributed by atoms with Crippen LogP contribution in [0.2, 0.25) is 0 Å². The molecule has 0 saturated heterocycles. The lowest BCUT2D eigenvalue weighted by atomic mass is 10.4. The molecule has 0 aliphatic carbocycles. The molecule has 0 saturated carbocycles. The van der Waals surface area contributed by atoms with Crippen LogP contribution in [0.5, 0.6) is 0 Å². The Hall–Kier alpha value is -1.20. The van der Waals surface area contributed by atoms with Crippen LogP contribution in [0.4, 0.5) is 0 Å². The van der Waals surface area contributed by atoms with Gasteiger partial charge in [-0.15, -0.1) is 16.4 Å². The number of rotatable bonds is 1. The number of aromatic nitrogens is 3. The average molecular weight is 280 g/mol. The van der Waals surface area contributed by atoms with E-state index >= 15 is 0 Å². The van der Waals surface area contributed by atoms with Gasteiger partial charge in [0.15, 0.2) is 11.5 Å². The summed E-state index contributed by atoms with van der Waals surface area (Å²) in [5, 5.41) is 6.45. The van der Waals surface area contributed by atoms with Crippen LogP contribution in [0.15, 0.2) is 40.3 Å². The fraction of sp³-hybridized carbons (Fsp3) is 0. The van der Waals surface area contributed by atoms with E-state index in [1.807, 2.05) is 35.7 Å². The molecular weight excluding hydrogens is 274 g/mol. The zero-order valence-electron chi connectivity index (χ0n) is 7.59. The van der Waals surface area contributed by atoms with E-state index in [4.69, 9.17) is 0 Å². The van der Waals surface area contributed by atoms with Crippen molar-refractivity contribution >= 4 is 32.9 Å². The fourth-order valence-electron chi connectivity index (χ4n) is 1.38. The SMILES string of the molecule is Brc1cccc2nc(-c3cccs3)nn12. The van der Waals surface area contributed by atoms with Crippen LogP contribution in [-0.2, 0) is 0 Å². The smallest absolute Gasteiger partial charge is 0.192 e. The molecule has 3 aromatic heterocycles. The van der Waals surface area contributed by atoms with Gasteiger partial charge in [-0.3, -0.25) is 0 Å². The van der Waals surface area contributed by atoms with Crippen LogP contribution >= 0.6 is 27.3 Å². The Bertz CT molecular complexity index is 600. The third-order valence-electron chi connectivity index (χ3n) is 2.06. The van der Waals surface area contributed by atoms with Crippen molar-refractivity contribution in [1.82, 2.24) is 14.6 Å². The molecule has 15 heavy (non-hydrogen) atoms. The second-order valence-corrected chi connectivity index (χ2v) is 4.79. The van der Waals surface area contributed by atoms with Gasteiger partial charge in [-0.25, -0.2) is 9.50 Å². The van der Waals surface area contributed by atoms with Gasteiger partial charge in [0.05, 0.1) is 4.88 Å². The number of nitrogens with zero attached hydrogens (tertiary/aromatic N) is 3. The highest BCUT2D eigenvalue weighted by molar-refractivity contribution is 9.10. The van der Waals surface area contributed by atoms with E-state index in [9.17, 15) is 0 Å². The predicted molar refractivity (Wildman–Crippen MR) is 64.0 cm³/mol. The lowest BCUT2D eigenvalue weighted by Gasteiger charge is -1.92. The second-order valence-electron chi connectivity index (χ2n) is 3.03. The van der Waals surface area contributed by atoms with Crippen LogP contribution in [0.1, 0.15) is 0 Å². The van der Waals surface area contributed by atoms with Crippen LogP contribution in [-0.4, -0.2) is 14.6 Å². The van der Waals surface area contributed by atoms with Gasteiger partial charge >= 0.3 is 0 Å². The summed E-state index contributed by atoms with van der Waals surface area (Å²) in [4.78, 5) is 5.54. The average Bonchev–Trinajstić information content (AvgIpc) is 2.86. The minimum Gasteiger partial charge on any atom is -0.206 e. The molecule has 0 aromatic carbocycles. The number of hydrogen-bond acceptors (Lipinski definition) is 3. The van der Waals surface area contributed by atoms with Crippen molar-refractivity contribution < 1.29 is 0 Å². The van der Waals surface area contributed by atoms with Crippen molar-refractivity contribution in [1.29, 1.82) is 0 Å². The third-order valence-corrected chi connectivity index (χ3v) is 3.52. The standard InChI is InChI=1S/C10H6BrN3S/c11-8-4-1-5-9-12-10(13-14(8)9)7-3-2-6-15-7/h1-6H. The molecule has 3 nitrogen and oxygen atoms in total. The highest BCUT2D eigenvalue weighted by Gasteiger charge is 2.07. The largest absolute Gasteiger partial charge is 0.206 e. The molecule has 0 spiro atoms. The summed E-state index contributed by atoms with van der Waals surface area (Å²) < 4.78 is 2.70. The summed E-state index contributed by atoms with van der Waals surface area (Å²) in [5.74, 6) is 0.775. The lowest BCUT2D eigenvalue weighted by Crippen LogP contribution is -1.87. The molecule has 0 aliphatic heterocycles. The first-order valence-corrected chi connectivity index (χ1v) is 6.07. The Kier molecular flexibility index (Phi) is 2.07. The lowest BCUT2D eigenvalue weighted by molar-refractivity contribution is 0.941. The third kappa shape index (κ3) is 1.48. The van der Waals surface area contributed by atoms with E-state index in [-0.39, 0.29) is 0 Å². The number of pyridine rings is 1. The highest BCUT2D eigenvalue weighted by Crippen LogP contribution is 2.22. The molecule has 3 rings (SSSR count). The molecule has 3 aromatic rings. The molecule has 5 heteroatoms. The normalized spacial score (nSPS) is 11.0. The summed E-state index contributed by atoms with van der Waals surface area (Å²) in [6, 6.07) is 9.86. The summed E-state index contributed by atoms with van der Waals surface area (Å²) in [6.45, 7) is 0. The monoisotopic (exact) mass is 279 g/mol. The van der Waals surface area contributed by atoms with Gasteiger partial charge < -0.3 is 0 Å². The number of fused-ring (bicyclic) bond motifs is 1. The summed E-state index contributed by atoms with van der Waals surface area (Å²) in [6.07, 6.45) is 0. The first-order chi connectivity index (χ1) is 7.34. The Morgan fingerprint density at radius 2 is 2.13 bits per heavy atom. The molecule has 0 aliphatic rings. The number of hydrogen-bond donors (Lipinski definition) is 0. The molecule has 0 radical (unpaired) electrons. The number of thiophene rings is 1. The van der Waals surface area contributed by atoms with E-state index in [0.717, 1.165) is 21.0 Å². The fourth-order valence-corrected chi connectivity index (χ4v) is 2.45. The molecule has 0 atom stereocenters. The molecule has 0 fully saturated rings. The minimum atomic E-state index is 0.775. The maximum atomic E-state index is 4.45. The van der Waals surface area contributed by atoms with Crippen LogP contribution in [0.25, 0.3) is 16.3 Å². The van der Waals surface area contributed by atoms with Gasteiger partial charge in [-0.1, -0.05) is 12.1 Å². The van der Waals surface area contributed by atoms with Crippen molar-refractivity contribution in [2.24, 2.45) is 0 Å². The van der Waals surface area contributed by atoms with E-state index in [2.05, 4.69) is 26.0 Å². The van der Waals surface area contributed by atoms with Gasteiger partial charge in [0.2, 0.25) is 0 Å². The maximum absolute atomic E-state index is 4.45. The van der Waals surface area contributed by atoms with Crippen LogP contribution in [0.3, 0.4) is 0 Å². The highest BCUT2D eigenvalue weighted by atomic mass is 79.9. The Morgan fingerprint density at radius 1 is 1.20 bits per heavy atom. The van der Waals surface area contributed by atoms with Crippen LogP contribution < -0.4 is 0 Å². The Balaban J connectivity index is 2.27. The Morgan fingerprint density at radius 3 is 2.87 bits per heavy atom. The second kappa shape index (κ2) is 3.43. The topological polar surface area (TPSA) is 30.2 Å². The first-order valence-electron chi connectivity index (χ1n) is 4.40. The van der Waals surface area contributed by atoms with Gasteiger partial charge in [0.1, 0.15) is 4.60 Å². The minimum absolute atomic E-state index is 0.775. The van der Waals surface area contributed by atoms with Crippen molar-refractivity contribution in [3.8, 4) is 10.7 Å². The quantitative estimate of drug-likeness (QED) is 0.641. The summed E-state index contributed by atoms with van der Waals surface area (Å²) >= 11 is 5.08. The molecule has 74 valence electrons. The van der Waals surface area contributed by atoms with Crippen molar-refractivity contribution in [3.05, 3.63) is 40.3 Å². The molecule has 0 bridgehead atoms. The molecule has 0 N–H and O–H groups in total. The maximum Gasteiger partial charge on any atom is 0.192 e. The van der Waals surface area contributed by atoms with Gasteiger partial charge in [0, 0.05) is 0 Å². The zero-order chi connectivity index (χ0) is 10.3. The van der Waals surface area contributed by atoms with Crippen molar-refractivity contribution in [2.75, 3.05) is 0 Å². The van der Waals surface area contributed by atoms with E-state index in [1.54, 1.807) is 15.9 Å². The van der Waals surface area contributed by atoms with Gasteiger partial charge in [0.25, 0.3) is 0 Å². The molecular formula is C10H6BrN3S. The van der Waals surface area contributed by atoms with Crippen molar-refractivity contribution in [2.45, 2.75) is 0 Å². The zero-order valence-corrected chi connectivity index (χ0v) is 9.99.